The third kappa shape index (κ3) is 2.88. The molecule has 1 N–H and O–H groups in total. The molecule has 0 spiro atoms. The number of nitrogens with zero attached hydrogens (tertiary/aromatic N) is 2. The summed E-state index contributed by atoms with van der Waals surface area (Å²) in [6, 6.07) is 11.6. The lowest BCUT2D eigenvalue weighted by Crippen LogP contribution is -2.22. The number of hydrogen-bond acceptors (Lipinski definition) is 3. The molecule has 1 aromatic carbocycles. The molecule has 0 saturated heterocycles. The molecule has 0 fully saturated rings. The SMILES string of the molecule is Cc1cc2nc(C)c(CCCOc3ccccc3)c(=O)n2[nH]1. The number of H-pyrrole nitrogens is 1. The van der Waals surface area contributed by atoms with E-state index in [9.17, 15) is 4.79 Å². The van der Waals surface area contributed by atoms with Crippen LogP contribution in [-0.2, 0) is 6.42 Å². The van der Waals surface area contributed by atoms with Crippen LogP contribution in [0.3, 0.4) is 0 Å². The van der Waals surface area contributed by atoms with E-state index >= 15 is 0 Å². The maximum absolute atomic E-state index is 12.5. The number of hydrogen-bond donors (Lipinski definition) is 1. The summed E-state index contributed by atoms with van der Waals surface area (Å²) in [6.07, 6.45) is 1.43. The van der Waals surface area contributed by atoms with E-state index in [1.807, 2.05) is 50.2 Å². The van der Waals surface area contributed by atoms with Crippen molar-refractivity contribution in [3.8, 4) is 5.75 Å². The van der Waals surface area contributed by atoms with Crippen LogP contribution in [0.25, 0.3) is 5.65 Å². The van der Waals surface area contributed by atoms with Crippen molar-refractivity contribution >= 4 is 5.65 Å². The van der Waals surface area contributed by atoms with E-state index in [2.05, 4.69) is 10.1 Å². The Bertz CT molecular complexity index is 834. The van der Waals surface area contributed by atoms with Gasteiger partial charge in [0.2, 0.25) is 0 Å². The topological polar surface area (TPSA) is 59.4 Å². The minimum Gasteiger partial charge on any atom is -0.494 e. The van der Waals surface area contributed by atoms with Gasteiger partial charge in [0.25, 0.3) is 5.56 Å². The molecule has 0 aliphatic heterocycles. The Morgan fingerprint density at radius 2 is 2.00 bits per heavy atom. The quantitative estimate of drug-likeness (QED) is 0.737. The second-order valence-corrected chi connectivity index (χ2v) is 5.38. The van der Waals surface area contributed by atoms with Crippen molar-refractivity contribution in [2.75, 3.05) is 6.61 Å². The number of aromatic nitrogens is 3. The standard InChI is InChI=1S/C17H19N3O2/c1-12-11-16-18-13(2)15(17(21)20(16)19-12)9-6-10-22-14-7-4-3-5-8-14/h3-5,7-8,11,19H,6,9-10H2,1-2H3. The first-order chi connectivity index (χ1) is 10.6. The maximum atomic E-state index is 12.5. The highest BCUT2D eigenvalue weighted by Crippen LogP contribution is 2.10. The second kappa shape index (κ2) is 6.05. The van der Waals surface area contributed by atoms with Gasteiger partial charge in [-0.05, 0) is 38.8 Å². The molecule has 3 rings (SSSR count). The zero-order chi connectivity index (χ0) is 15.5. The van der Waals surface area contributed by atoms with Crippen molar-refractivity contribution in [1.29, 1.82) is 0 Å². The number of benzene rings is 1. The van der Waals surface area contributed by atoms with Gasteiger partial charge in [0, 0.05) is 23.0 Å². The van der Waals surface area contributed by atoms with E-state index in [1.165, 1.54) is 4.52 Å². The second-order valence-electron chi connectivity index (χ2n) is 5.38. The summed E-state index contributed by atoms with van der Waals surface area (Å²) in [7, 11) is 0. The number of rotatable bonds is 5. The predicted octanol–water partition coefficient (Wildman–Crippen LogP) is 2.65. The highest BCUT2D eigenvalue weighted by Gasteiger charge is 2.11. The van der Waals surface area contributed by atoms with Gasteiger partial charge < -0.3 is 4.74 Å². The van der Waals surface area contributed by atoms with Crippen molar-refractivity contribution in [2.45, 2.75) is 26.7 Å². The summed E-state index contributed by atoms with van der Waals surface area (Å²) >= 11 is 0. The molecule has 5 heteroatoms. The van der Waals surface area contributed by atoms with Crippen LogP contribution in [0.5, 0.6) is 5.75 Å². The van der Waals surface area contributed by atoms with E-state index in [-0.39, 0.29) is 5.56 Å². The number of aryl methyl sites for hydroxylation is 2. The Morgan fingerprint density at radius 3 is 2.77 bits per heavy atom. The summed E-state index contributed by atoms with van der Waals surface area (Å²) in [5.74, 6) is 0.851. The summed E-state index contributed by atoms with van der Waals surface area (Å²) < 4.78 is 7.17. The van der Waals surface area contributed by atoms with Crippen LogP contribution in [0.1, 0.15) is 23.4 Å². The monoisotopic (exact) mass is 297 g/mol. The molecule has 0 bridgehead atoms. The normalized spacial score (nSPS) is 11.0. The first-order valence-electron chi connectivity index (χ1n) is 7.41. The molecule has 22 heavy (non-hydrogen) atoms. The smallest absolute Gasteiger partial charge is 0.276 e. The minimum atomic E-state index is -0.0182. The Balaban J connectivity index is 1.70. The fourth-order valence-electron chi connectivity index (χ4n) is 2.53. The van der Waals surface area contributed by atoms with Gasteiger partial charge in [-0.3, -0.25) is 9.89 Å². The maximum Gasteiger partial charge on any atom is 0.276 e. The van der Waals surface area contributed by atoms with Gasteiger partial charge in [0.15, 0.2) is 5.65 Å². The zero-order valence-electron chi connectivity index (χ0n) is 12.8. The fourth-order valence-corrected chi connectivity index (χ4v) is 2.53. The lowest BCUT2D eigenvalue weighted by Gasteiger charge is -2.07. The van der Waals surface area contributed by atoms with Gasteiger partial charge in [0.05, 0.1) is 6.61 Å². The van der Waals surface area contributed by atoms with Crippen LogP contribution in [0, 0.1) is 13.8 Å². The first kappa shape index (κ1) is 14.4. The molecule has 0 aliphatic rings. The van der Waals surface area contributed by atoms with Crippen molar-refractivity contribution in [2.24, 2.45) is 0 Å². The Morgan fingerprint density at radius 1 is 1.23 bits per heavy atom. The van der Waals surface area contributed by atoms with Crippen LogP contribution < -0.4 is 10.3 Å². The summed E-state index contributed by atoms with van der Waals surface area (Å²) in [6.45, 7) is 4.38. The number of fused-ring (bicyclic) bond motifs is 1. The highest BCUT2D eigenvalue weighted by atomic mass is 16.5. The summed E-state index contributed by atoms with van der Waals surface area (Å²) in [4.78, 5) is 17.0. The number of ether oxygens (including phenoxy) is 1. The number of nitrogens with one attached hydrogen (secondary N) is 1. The van der Waals surface area contributed by atoms with Crippen molar-refractivity contribution < 1.29 is 4.74 Å². The van der Waals surface area contributed by atoms with Crippen LogP contribution in [0.2, 0.25) is 0 Å². The lowest BCUT2D eigenvalue weighted by molar-refractivity contribution is 0.310. The van der Waals surface area contributed by atoms with Crippen LogP contribution in [0.4, 0.5) is 0 Å². The molecular formula is C17H19N3O2. The van der Waals surface area contributed by atoms with Gasteiger partial charge in [-0.1, -0.05) is 18.2 Å². The molecule has 0 atom stereocenters. The summed E-state index contributed by atoms with van der Waals surface area (Å²) in [5, 5.41) is 3.02. The van der Waals surface area contributed by atoms with Crippen molar-refractivity contribution in [3.63, 3.8) is 0 Å². The van der Waals surface area contributed by atoms with E-state index < -0.39 is 0 Å². The van der Waals surface area contributed by atoms with Gasteiger partial charge in [-0.2, -0.15) is 0 Å². The molecule has 0 amide bonds. The highest BCUT2D eigenvalue weighted by molar-refractivity contribution is 5.41. The van der Waals surface area contributed by atoms with Gasteiger partial charge in [0.1, 0.15) is 5.75 Å². The summed E-state index contributed by atoms with van der Waals surface area (Å²) in [5.41, 5.74) is 3.12. The number of aromatic amines is 1. The molecule has 114 valence electrons. The predicted molar refractivity (Wildman–Crippen MR) is 85.5 cm³/mol. The third-order valence-corrected chi connectivity index (χ3v) is 3.63. The van der Waals surface area contributed by atoms with Gasteiger partial charge >= 0.3 is 0 Å². The van der Waals surface area contributed by atoms with E-state index in [0.717, 1.165) is 29.1 Å². The van der Waals surface area contributed by atoms with E-state index in [0.29, 0.717) is 18.7 Å². The third-order valence-electron chi connectivity index (χ3n) is 3.63. The average molecular weight is 297 g/mol. The average Bonchev–Trinajstić information content (AvgIpc) is 2.88. The molecule has 0 radical (unpaired) electrons. The van der Waals surface area contributed by atoms with Crippen LogP contribution in [0.15, 0.2) is 41.2 Å². The molecule has 2 heterocycles. The Hall–Kier alpha value is -2.56. The van der Waals surface area contributed by atoms with E-state index in [4.69, 9.17) is 4.74 Å². The molecule has 0 saturated carbocycles. The largest absolute Gasteiger partial charge is 0.494 e. The molecule has 2 aromatic heterocycles. The molecule has 0 aliphatic carbocycles. The van der Waals surface area contributed by atoms with Gasteiger partial charge in [-0.15, -0.1) is 0 Å². The Kier molecular flexibility index (Phi) is 3.96. The van der Waals surface area contributed by atoms with Crippen molar-refractivity contribution in [1.82, 2.24) is 14.6 Å². The molecular weight excluding hydrogens is 278 g/mol. The van der Waals surface area contributed by atoms with Gasteiger partial charge in [-0.25, -0.2) is 9.50 Å². The van der Waals surface area contributed by atoms with Crippen molar-refractivity contribution in [3.05, 3.63) is 63.7 Å². The molecule has 3 aromatic rings. The fraction of sp³-hybridized carbons (Fsp3) is 0.294. The lowest BCUT2D eigenvalue weighted by atomic mass is 10.1. The van der Waals surface area contributed by atoms with Crippen LogP contribution in [-0.4, -0.2) is 21.2 Å². The minimum absolute atomic E-state index is 0.0182. The van der Waals surface area contributed by atoms with Crippen LogP contribution >= 0.6 is 0 Å². The Labute approximate surface area is 128 Å². The zero-order valence-corrected chi connectivity index (χ0v) is 12.8. The van der Waals surface area contributed by atoms with E-state index in [1.54, 1.807) is 0 Å². The number of para-hydroxylation sites is 1. The first-order valence-corrected chi connectivity index (χ1v) is 7.41. The molecule has 0 unspecified atom stereocenters. The molecule has 5 nitrogen and oxygen atoms in total.